The highest BCUT2D eigenvalue weighted by atomic mass is 19.1. The Hall–Kier alpha value is -3.57. The lowest BCUT2D eigenvalue weighted by Gasteiger charge is -2.33. The number of pyridine rings is 1. The van der Waals surface area contributed by atoms with Crippen molar-refractivity contribution in [2.75, 3.05) is 18.8 Å². The van der Waals surface area contributed by atoms with E-state index in [-0.39, 0.29) is 17.8 Å². The second kappa shape index (κ2) is 8.53. The molecule has 3 aromatic heterocycles. The van der Waals surface area contributed by atoms with Crippen molar-refractivity contribution in [2.24, 2.45) is 0 Å². The van der Waals surface area contributed by atoms with Crippen LogP contribution in [0.15, 0.2) is 36.7 Å². The van der Waals surface area contributed by atoms with Gasteiger partial charge in [-0.2, -0.15) is 9.61 Å². The predicted molar refractivity (Wildman–Crippen MR) is 134 cm³/mol. The maximum atomic E-state index is 13.7. The normalized spacial score (nSPS) is 17.7. The summed E-state index contributed by atoms with van der Waals surface area (Å²) in [5, 5.41) is 18.6. The molecule has 0 spiro atoms. The van der Waals surface area contributed by atoms with E-state index in [0.717, 1.165) is 18.4 Å². The van der Waals surface area contributed by atoms with Crippen molar-refractivity contribution in [3.8, 4) is 11.1 Å². The molecule has 182 valence electrons. The van der Waals surface area contributed by atoms with Crippen molar-refractivity contribution >= 4 is 41.6 Å². The number of aromatic nitrogens is 4. The topological polar surface area (TPSA) is 122 Å². The van der Waals surface area contributed by atoms with Crippen LogP contribution in [0.3, 0.4) is 0 Å². The molecular formula is C25H25BFN7O2. The van der Waals surface area contributed by atoms with Gasteiger partial charge in [0.15, 0.2) is 5.65 Å². The third kappa shape index (κ3) is 3.98. The summed E-state index contributed by atoms with van der Waals surface area (Å²) in [6.07, 6.45) is 6.02. The molecule has 2 radical (unpaired) electrons. The molecule has 4 aromatic rings. The SMILES string of the molecule is [B]c1c(CNC2CCN(C(=O)C3(O)CC3)CC2)nc2c(-c3cnc4ccc(F)cc4c3)cnn2c1N. The van der Waals surface area contributed by atoms with Gasteiger partial charge in [-0.15, -0.1) is 0 Å². The summed E-state index contributed by atoms with van der Waals surface area (Å²) in [4.78, 5) is 23.3. The van der Waals surface area contributed by atoms with Gasteiger partial charge in [-0.3, -0.25) is 9.78 Å². The molecule has 1 saturated carbocycles. The highest BCUT2D eigenvalue weighted by molar-refractivity contribution is 6.36. The molecule has 0 atom stereocenters. The smallest absolute Gasteiger partial charge is 0.254 e. The van der Waals surface area contributed by atoms with Crippen LogP contribution in [0.5, 0.6) is 0 Å². The molecule has 36 heavy (non-hydrogen) atoms. The highest BCUT2D eigenvalue weighted by Crippen LogP contribution is 2.37. The fraction of sp³-hybridized carbons (Fsp3) is 0.360. The molecule has 1 aliphatic carbocycles. The maximum Gasteiger partial charge on any atom is 0.254 e. The number of nitrogens with two attached hydrogens (primary N) is 1. The molecule has 4 heterocycles. The van der Waals surface area contributed by atoms with Crippen molar-refractivity contribution in [1.82, 2.24) is 29.8 Å². The first-order valence-corrected chi connectivity index (χ1v) is 12.0. The number of benzene rings is 1. The Morgan fingerprint density at radius 3 is 2.78 bits per heavy atom. The van der Waals surface area contributed by atoms with Crippen LogP contribution in [-0.4, -0.2) is 68.1 Å². The number of aliphatic hydroxyl groups is 1. The summed E-state index contributed by atoms with van der Waals surface area (Å²) in [7, 11) is 6.30. The van der Waals surface area contributed by atoms with Gasteiger partial charge in [0.1, 0.15) is 25.1 Å². The van der Waals surface area contributed by atoms with Crippen molar-refractivity contribution in [3.63, 3.8) is 0 Å². The average molecular weight is 485 g/mol. The van der Waals surface area contributed by atoms with Crippen LogP contribution in [0.4, 0.5) is 10.2 Å². The van der Waals surface area contributed by atoms with Crippen LogP contribution >= 0.6 is 0 Å². The molecular weight excluding hydrogens is 460 g/mol. The number of hydrogen-bond donors (Lipinski definition) is 3. The number of nitrogens with one attached hydrogen (secondary N) is 1. The minimum absolute atomic E-state index is 0.149. The molecule has 2 fully saturated rings. The van der Waals surface area contributed by atoms with Gasteiger partial charge in [0.2, 0.25) is 0 Å². The quantitative estimate of drug-likeness (QED) is 0.362. The van der Waals surface area contributed by atoms with Crippen LogP contribution < -0.4 is 16.5 Å². The third-order valence-corrected chi connectivity index (χ3v) is 7.22. The number of nitrogen functional groups attached to an aromatic ring is 1. The first kappa shape index (κ1) is 22.9. The van der Waals surface area contributed by atoms with Gasteiger partial charge in [-0.05, 0) is 55.4 Å². The van der Waals surface area contributed by atoms with Crippen LogP contribution in [-0.2, 0) is 11.3 Å². The number of anilines is 1. The van der Waals surface area contributed by atoms with Crippen molar-refractivity contribution in [3.05, 3.63) is 48.2 Å². The van der Waals surface area contributed by atoms with Gasteiger partial charge in [0.05, 0.1) is 17.4 Å². The van der Waals surface area contributed by atoms with Crippen molar-refractivity contribution in [1.29, 1.82) is 0 Å². The second-order valence-corrected chi connectivity index (χ2v) is 9.69. The predicted octanol–water partition coefficient (Wildman–Crippen LogP) is 1.07. The number of carbonyl (C=O) groups excluding carboxylic acids is 1. The van der Waals surface area contributed by atoms with Gasteiger partial charge in [-0.25, -0.2) is 9.37 Å². The van der Waals surface area contributed by atoms with E-state index in [1.807, 2.05) is 6.07 Å². The monoisotopic (exact) mass is 485 g/mol. The Labute approximate surface area is 207 Å². The van der Waals surface area contributed by atoms with Crippen LogP contribution in [0, 0.1) is 5.82 Å². The molecule has 0 unspecified atom stereocenters. The molecule has 2 aliphatic rings. The van der Waals surface area contributed by atoms with Gasteiger partial charge in [0, 0.05) is 48.4 Å². The van der Waals surface area contributed by atoms with Crippen LogP contribution in [0.25, 0.3) is 27.7 Å². The summed E-state index contributed by atoms with van der Waals surface area (Å²) >= 11 is 0. The summed E-state index contributed by atoms with van der Waals surface area (Å²) < 4.78 is 15.2. The number of rotatable bonds is 5. The largest absolute Gasteiger partial charge is 0.384 e. The molecule has 9 nitrogen and oxygen atoms in total. The van der Waals surface area contributed by atoms with E-state index in [4.69, 9.17) is 18.6 Å². The lowest BCUT2D eigenvalue weighted by atomic mass is 9.93. The van der Waals surface area contributed by atoms with Gasteiger partial charge < -0.3 is 21.1 Å². The summed E-state index contributed by atoms with van der Waals surface area (Å²) in [6.45, 7) is 1.61. The standard InChI is InChI=1S/C25H25BFN7O2/c26-21-20(13-29-17-3-7-33(8-4-17)24(35)25(36)5-6-25)32-23-18(12-31-34(23)22(21)28)15-9-14-10-16(27)1-2-19(14)30-11-15/h1-2,9-12,17,29,36H,3-8,13,28H2. The molecule has 1 amide bonds. The van der Waals surface area contributed by atoms with E-state index >= 15 is 0 Å². The minimum atomic E-state index is -1.12. The first-order valence-electron chi connectivity index (χ1n) is 12.0. The molecule has 11 heteroatoms. The first-order chi connectivity index (χ1) is 17.3. The summed E-state index contributed by atoms with van der Waals surface area (Å²) in [5.41, 5.74) is 8.82. The minimum Gasteiger partial charge on any atom is -0.384 e. The number of carbonyl (C=O) groups is 1. The van der Waals surface area contributed by atoms with E-state index in [9.17, 15) is 14.3 Å². The number of likely N-dealkylation sites (tertiary alicyclic amines) is 1. The number of piperidine rings is 1. The highest BCUT2D eigenvalue weighted by Gasteiger charge is 2.50. The van der Waals surface area contributed by atoms with E-state index < -0.39 is 5.60 Å². The third-order valence-electron chi connectivity index (χ3n) is 7.22. The average Bonchev–Trinajstić information content (AvgIpc) is 3.50. The number of nitrogens with zero attached hydrogens (tertiary/aromatic N) is 5. The van der Waals surface area contributed by atoms with Gasteiger partial charge in [0.25, 0.3) is 5.91 Å². The molecule has 1 aromatic carbocycles. The zero-order chi connectivity index (χ0) is 25.0. The van der Waals surface area contributed by atoms with Crippen LogP contribution in [0.1, 0.15) is 31.4 Å². The Bertz CT molecular complexity index is 1500. The molecule has 1 aliphatic heterocycles. The molecule has 1 saturated heterocycles. The number of hydrogen-bond acceptors (Lipinski definition) is 7. The molecule has 6 rings (SSSR count). The maximum absolute atomic E-state index is 13.7. The van der Waals surface area contributed by atoms with Crippen molar-refractivity contribution in [2.45, 2.75) is 43.9 Å². The second-order valence-electron chi connectivity index (χ2n) is 9.69. The fourth-order valence-electron chi connectivity index (χ4n) is 4.82. The Kier molecular flexibility index (Phi) is 5.42. The van der Waals surface area contributed by atoms with E-state index in [1.165, 1.54) is 16.6 Å². The lowest BCUT2D eigenvalue weighted by Crippen LogP contribution is -2.48. The lowest BCUT2D eigenvalue weighted by molar-refractivity contribution is -0.143. The number of halogens is 1. The van der Waals surface area contributed by atoms with Crippen molar-refractivity contribution < 1.29 is 14.3 Å². The summed E-state index contributed by atoms with van der Waals surface area (Å²) in [5.74, 6) is -0.186. The Balaban J connectivity index is 1.22. The van der Waals surface area contributed by atoms with E-state index in [1.54, 1.807) is 23.4 Å². The molecule has 0 bridgehead atoms. The van der Waals surface area contributed by atoms with Gasteiger partial charge in [-0.1, -0.05) is 0 Å². The number of fused-ring (bicyclic) bond motifs is 2. The van der Waals surface area contributed by atoms with Crippen LogP contribution in [0.2, 0.25) is 0 Å². The summed E-state index contributed by atoms with van der Waals surface area (Å²) in [6, 6.07) is 6.50. The molecule has 4 N–H and O–H groups in total. The van der Waals surface area contributed by atoms with E-state index in [0.29, 0.717) is 71.6 Å². The van der Waals surface area contributed by atoms with E-state index in [2.05, 4.69) is 15.4 Å². The fourth-order valence-corrected chi connectivity index (χ4v) is 4.82. The zero-order valence-electron chi connectivity index (χ0n) is 19.6. The zero-order valence-corrected chi connectivity index (χ0v) is 19.6. The van der Waals surface area contributed by atoms with Gasteiger partial charge >= 0.3 is 0 Å². The Morgan fingerprint density at radius 2 is 2.03 bits per heavy atom. The Morgan fingerprint density at radius 1 is 1.25 bits per heavy atom. The number of amides is 1.